The highest BCUT2D eigenvalue weighted by molar-refractivity contribution is 6.01. The van der Waals surface area contributed by atoms with E-state index in [1.807, 2.05) is 31.2 Å². The third-order valence-electron chi connectivity index (χ3n) is 6.42. The number of rotatable bonds is 13. The van der Waals surface area contributed by atoms with E-state index in [1.165, 1.54) is 27.8 Å². The monoisotopic (exact) mass is 484 g/mol. The molecule has 0 bridgehead atoms. The number of benzene rings is 3. The van der Waals surface area contributed by atoms with Crippen molar-refractivity contribution in [2.45, 2.75) is 52.1 Å². The summed E-state index contributed by atoms with van der Waals surface area (Å²) in [7, 11) is 0. The summed E-state index contributed by atoms with van der Waals surface area (Å²) in [5, 5.41) is 0. The second kappa shape index (κ2) is 13.1. The molecule has 4 rings (SSSR count). The predicted octanol–water partition coefficient (Wildman–Crippen LogP) is 7.25. The van der Waals surface area contributed by atoms with Crippen LogP contribution in [0.5, 0.6) is 5.75 Å². The molecule has 1 unspecified atom stereocenters. The van der Waals surface area contributed by atoms with E-state index < -0.39 is 6.10 Å². The Morgan fingerprint density at radius 1 is 0.806 bits per heavy atom. The molecule has 0 radical (unpaired) electrons. The smallest absolute Gasteiger partial charge is 0.335 e. The molecular formula is C32H36O4. The highest BCUT2D eigenvalue weighted by Crippen LogP contribution is 2.43. The Bertz CT molecular complexity index is 1120. The summed E-state index contributed by atoms with van der Waals surface area (Å²) in [5.74, 6) is 0.526. The molecule has 0 saturated heterocycles. The molecule has 188 valence electrons. The minimum absolute atomic E-state index is 0.294. The Morgan fingerprint density at radius 3 is 2.06 bits per heavy atom. The van der Waals surface area contributed by atoms with E-state index in [-0.39, 0.29) is 5.97 Å². The SMILES string of the molecule is CCCCCOC(Cc1ccc(OCCC=C2c3ccccc3-c3ccccc32)cc1)C(=O)OCC. The van der Waals surface area contributed by atoms with Gasteiger partial charge in [-0.05, 0) is 58.9 Å². The van der Waals surface area contributed by atoms with Gasteiger partial charge in [0.2, 0.25) is 0 Å². The van der Waals surface area contributed by atoms with Crippen molar-refractivity contribution in [1.29, 1.82) is 0 Å². The summed E-state index contributed by atoms with van der Waals surface area (Å²) >= 11 is 0. The second-order valence-electron chi connectivity index (χ2n) is 9.01. The molecule has 3 aromatic rings. The van der Waals surface area contributed by atoms with Gasteiger partial charge >= 0.3 is 5.97 Å². The minimum atomic E-state index is -0.572. The van der Waals surface area contributed by atoms with Crippen molar-refractivity contribution in [2.24, 2.45) is 0 Å². The van der Waals surface area contributed by atoms with E-state index in [0.717, 1.165) is 37.0 Å². The van der Waals surface area contributed by atoms with E-state index >= 15 is 0 Å². The molecule has 1 aliphatic rings. The van der Waals surface area contributed by atoms with Crippen molar-refractivity contribution >= 4 is 11.5 Å². The fourth-order valence-corrected chi connectivity index (χ4v) is 4.61. The quantitative estimate of drug-likeness (QED) is 0.148. The third kappa shape index (κ3) is 6.44. The van der Waals surface area contributed by atoms with E-state index in [2.05, 4.69) is 61.5 Å². The van der Waals surface area contributed by atoms with Crippen molar-refractivity contribution in [3.63, 3.8) is 0 Å². The molecule has 0 heterocycles. The zero-order chi connectivity index (χ0) is 25.2. The first-order valence-corrected chi connectivity index (χ1v) is 13.1. The van der Waals surface area contributed by atoms with Gasteiger partial charge in [0.1, 0.15) is 5.75 Å². The van der Waals surface area contributed by atoms with Crippen LogP contribution >= 0.6 is 0 Å². The number of hydrogen-bond acceptors (Lipinski definition) is 4. The highest BCUT2D eigenvalue weighted by Gasteiger charge is 2.22. The van der Waals surface area contributed by atoms with E-state index in [1.54, 1.807) is 0 Å². The van der Waals surface area contributed by atoms with Crippen LogP contribution < -0.4 is 4.74 Å². The van der Waals surface area contributed by atoms with Gasteiger partial charge in [0.05, 0.1) is 13.2 Å². The zero-order valence-corrected chi connectivity index (χ0v) is 21.4. The van der Waals surface area contributed by atoms with Gasteiger partial charge in [0, 0.05) is 19.4 Å². The van der Waals surface area contributed by atoms with Crippen molar-refractivity contribution < 1.29 is 19.0 Å². The van der Waals surface area contributed by atoms with Crippen LogP contribution in [-0.2, 0) is 20.7 Å². The van der Waals surface area contributed by atoms with Crippen LogP contribution in [-0.4, -0.2) is 31.9 Å². The Balaban J connectivity index is 1.32. The van der Waals surface area contributed by atoms with Gasteiger partial charge in [-0.2, -0.15) is 0 Å². The van der Waals surface area contributed by atoms with Crippen LogP contribution in [0.1, 0.15) is 56.2 Å². The predicted molar refractivity (Wildman–Crippen MR) is 145 cm³/mol. The number of carbonyl (C=O) groups excluding carboxylic acids is 1. The molecule has 0 N–H and O–H groups in total. The summed E-state index contributed by atoms with van der Waals surface area (Å²) in [4.78, 5) is 12.3. The van der Waals surface area contributed by atoms with Crippen LogP contribution in [0.3, 0.4) is 0 Å². The molecule has 0 spiro atoms. The zero-order valence-electron chi connectivity index (χ0n) is 21.4. The lowest BCUT2D eigenvalue weighted by atomic mass is 10.0. The first-order chi connectivity index (χ1) is 17.7. The molecule has 1 aliphatic carbocycles. The highest BCUT2D eigenvalue weighted by atomic mass is 16.6. The molecule has 0 saturated carbocycles. The summed E-state index contributed by atoms with van der Waals surface area (Å²) in [6.45, 7) is 5.49. The Kier molecular flexibility index (Phi) is 9.34. The summed E-state index contributed by atoms with van der Waals surface area (Å²) in [6.07, 6.45) is 6.18. The number of esters is 1. The van der Waals surface area contributed by atoms with Gasteiger partial charge < -0.3 is 14.2 Å². The van der Waals surface area contributed by atoms with Crippen molar-refractivity contribution in [3.05, 3.63) is 95.6 Å². The number of fused-ring (bicyclic) bond motifs is 3. The molecular weight excluding hydrogens is 448 g/mol. The summed E-state index contributed by atoms with van der Waals surface area (Å²) in [6, 6.07) is 25.1. The van der Waals surface area contributed by atoms with E-state index in [4.69, 9.17) is 14.2 Å². The van der Waals surface area contributed by atoms with Gasteiger partial charge in [-0.3, -0.25) is 0 Å². The molecule has 0 aliphatic heterocycles. The average molecular weight is 485 g/mol. The number of unbranched alkanes of at least 4 members (excludes halogenated alkanes) is 2. The lowest BCUT2D eigenvalue weighted by Crippen LogP contribution is -2.29. The Labute approximate surface area is 214 Å². The maximum Gasteiger partial charge on any atom is 0.335 e. The molecule has 4 heteroatoms. The molecule has 0 aromatic heterocycles. The Morgan fingerprint density at radius 2 is 1.44 bits per heavy atom. The summed E-state index contributed by atoms with van der Waals surface area (Å²) < 4.78 is 17.1. The van der Waals surface area contributed by atoms with E-state index in [0.29, 0.717) is 26.2 Å². The van der Waals surface area contributed by atoms with Crippen LogP contribution in [0.2, 0.25) is 0 Å². The molecule has 3 aromatic carbocycles. The van der Waals surface area contributed by atoms with Crippen molar-refractivity contribution in [2.75, 3.05) is 19.8 Å². The third-order valence-corrected chi connectivity index (χ3v) is 6.42. The van der Waals surface area contributed by atoms with Gasteiger partial charge in [0.25, 0.3) is 0 Å². The largest absolute Gasteiger partial charge is 0.493 e. The minimum Gasteiger partial charge on any atom is -0.493 e. The fraction of sp³-hybridized carbons (Fsp3) is 0.344. The van der Waals surface area contributed by atoms with E-state index in [9.17, 15) is 4.79 Å². The van der Waals surface area contributed by atoms with Crippen LogP contribution in [0.4, 0.5) is 0 Å². The van der Waals surface area contributed by atoms with Crippen LogP contribution in [0, 0.1) is 0 Å². The lowest BCUT2D eigenvalue weighted by molar-refractivity contribution is -0.156. The number of hydrogen-bond donors (Lipinski definition) is 0. The van der Waals surface area contributed by atoms with Gasteiger partial charge in [-0.25, -0.2) is 4.79 Å². The normalized spacial score (nSPS) is 12.6. The maximum absolute atomic E-state index is 12.3. The summed E-state index contributed by atoms with van der Waals surface area (Å²) in [5.41, 5.74) is 7.48. The van der Waals surface area contributed by atoms with Crippen LogP contribution in [0.25, 0.3) is 16.7 Å². The standard InChI is InChI=1S/C32H36O4/c1-3-5-10-21-36-31(32(33)34-4-2)23-24-17-19-25(20-18-24)35-22-11-16-30-28-14-8-6-12-26(28)27-13-7-9-15-29(27)30/h6-9,12-20,31H,3-5,10-11,21-23H2,1-2H3. The van der Waals surface area contributed by atoms with Crippen molar-refractivity contribution in [1.82, 2.24) is 0 Å². The average Bonchev–Trinajstić information content (AvgIpc) is 3.23. The van der Waals surface area contributed by atoms with Gasteiger partial charge in [-0.15, -0.1) is 0 Å². The van der Waals surface area contributed by atoms with Gasteiger partial charge in [0.15, 0.2) is 6.10 Å². The molecule has 0 amide bonds. The Hall–Kier alpha value is -3.37. The first kappa shape index (κ1) is 25.7. The molecule has 0 fully saturated rings. The number of carbonyl (C=O) groups is 1. The fourth-order valence-electron chi connectivity index (χ4n) is 4.61. The maximum atomic E-state index is 12.3. The van der Waals surface area contributed by atoms with Gasteiger partial charge in [-0.1, -0.05) is 86.5 Å². The molecule has 36 heavy (non-hydrogen) atoms. The number of ether oxygens (including phenoxy) is 3. The molecule has 1 atom stereocenters. The first-order valence-electron chi connectivity index (χ1n) is 13.1. The van der Waals surface area contributed by atoms with Crippen LogP contribution in [0.15, 0.2) is 78.9 Å². The topological polar surface area (TPSA) is 44.8 Å². The second-order valence-corrected chi connectivity index (χ2v) is 9.01. The lowest BCUT2D eigenvalue weighted by Gasteiger charge is -2.17. The molecule has 4 nitrogen and oxygen atoms in total. The van der Waals surface area contributed by atoms with Crippen molar-refractivity contribution in [3.8, 4) is 16.9 Å².